The fraction of sp³-hybridized carbons (Fsp3) is 0.167. The Balaban J connectivity index is 1.75. The highest BCUT2D eigenvalue weighted by Gasteiger charge is 2.54. The lowest BCUT2D eigenvalue weighted by molar-refractivity contribution is 0.0222. The third kappa shape index (κ3) is 2.80. The normalized spacial score (nSPS) is 14.9. The maximum absolute atomic E-state index is 14.2. The molecule has 3 aromatic rings. The monoisotopic (exact) mass is 421 g/mol. The van der Waals surface area contributed by atoms with Crippen LogP contribution in [0.3, 0.4) is 0 Å². The standard InChI is InChI=1S/C24H17F2NO4/c1-2-9-27-22(28)13-3-6-17-16(10-13)23(29)31-24(17)18-11-14(25)4-7-20(18)30-21-8-5-15(26)12-19(21)24/h3-8,10-12H,2,9H2,1H3,(H,27,28). The highest BCUT2D eigenvalue weighted by atomic mass is 19.1. The molecule has 2 heterocycles. The number of hydrogen-bond acceptors (Lipinski definition) is 4. The van der Waals surface area contributed by atoms with Crippen LogP contribution >= 0.6 is 0 Å². The van der Waals surface area contributed by atoms with E-state index in [2.05, 4.69) is 5.32 Å². The van der Waals surface area contributed by atoms with Gasteiger partial charge in [0.25, 0.3) is 5.91 Å². The first-order valence-corrected chi connectivity index (χ1v) is 9.88. The Morgan fingerprint density at radius 3 is 2.19 bits per heavy atom. The molecule has 3 aromatic carbocycles. The molecule has 0 saturated heterocycles. The van der Waals surface area contributed by atoms with E-state index in [4.69, 9.17) is 9.47 Å². The lowest BCUT2D eigenvalue weighted by Gasteiger charge is -2.36. The average molecular weight is 421 g/mol. The van der Waals surface area contributed by atoms with Gasteiger partial charge in [0.2, 0.25) is 0 Å². The van der Waals surface area contributed by atoms with E-state index < -0.39 is 23.2 Å². The smallest absolute Gasteiger partial charge is 0.340 e. The molecule has 1 amide bonds. The zero-order valence-corrected chi connectivity index (χ0v) is 16.5. The maximum atomic E-state index is 14.2. The van der Waals surface area contributed by atoms with Crippen LogP contribution in [0.25, 0.3) is 0 Å². The third-order valence-electron chi connectivity index (χ3n) is 5.52. The number of benzene rings is 3. The molecule has 5 nitrogen and oxygen atoms in total. The second-order valence-electron chi connectivity index (χ2n) is 7.47. The van der Waals surface area contributed by atoms with Crippen molar-refractivity contribution in [2.24, 2.45) is 0 Å². The highest BCUT2D eigenvalue weighted by Crippen LogP contribution is 2.56. The van der Waals surface area contributed by atoms with Crippen molar-refractivity contribution in [3.05, 3.63) is 94.0 Å². The Morgan fingerprint density at radius 2 is 1.58 bits per heavy atom. The third-order valence-corrected chi connectivity index (χ3v) is 5.52. The lowest BCUT2D eigenvalue weighted by Crippen LogP contribution is -2.33. The van der Waals surface area contributed by atoms with Gasteiger partial charge in [-0.15, -0.1) is 0 Å². The first-order valence-electron chi connectivity index (χ1n) is 9.88. The molecule has 0 aliphatic carbocycles. The van der Waals surface area contributed by atoms with E-state index in [0.717, 1.165) is 6.42 Å². The summed E-state index contributed by atoms with van der Waals surface area (Å²) in [5.41, 5.74) is -0.227. The molecule has 7 heteroatoms. The highest BCUT2D eigenvalue weighted by molar-refractivity contribution is 6.01. The van der Waals surface area contributed by atoms with Gasteiger partial charge in [-0.2, -0.15) is 0 Å². The number of ether oxygens (including phenoxy) is 2. The van der Waals surface area contributed by atoms with Gasteiger partial charge in [-0.05, 0) is 55.0 Å². The van der Waals surface area contributed by atoms with Gasteiger partial charge in [0.15, 0.2) is 5.60 Å². The van der Waals surface area contributed by atoms with Crippen molar-refractivity contribution in [2.75, 3.05) is 6.54 Å². The number of nitrogens with one attached hydrogen (secondary N) is 1. The Morgan fingerprint density at radius 1 is 0.935 bits per heavy atom. The largest absolute Gasteiger partial charge is 0.456 e. The van der Waals surface area contributed by atoms with E-state index in [9.17, 15) is 18.4 Å². The van der Waals surface area contributed by atoms with Crippen molar-refractivity contribution in [1.82, 2.24) is 5.32 Å². The Bertz CT molecular complexity index is 1200. The molecule has 0 aromatic heterocycles. The summed E-state index contributed by atoms with van der Waals surface area (Å²) in [5, 5.41) is 2.76. The molecule has 0 fully saturated rings. The zero-order chi connectivity index (χ0) is 21.8. The van der Waals surface area contributed by atoms with Crippen LogP contribution in [0.4, 0.5) is 8.78 Å². The molecule has 0 saturated carbocycles. The first-order chi connectivity index (χ1) is 14.9. The van der Waals surface area contributed by atoms with Gasteiger partial charge >= 0.3 is 5.97 Å². The van der Waals surface area contributed by atoms with Crippen LogP contribution in [0.15, 0.2) is 54.6 Å². The number of esters is 1. The molecule has 2 aliphatic rings. The topological polar surface area (TPSA) is 64.6 Å². The molecule has 31 heavy (non-hydrogen) atoms. The van der Waals surface area contributed by atoms with Gasteiger partial charge < -0.3 is 14.8 Å². The van der Waals surface area contributed by atoms with Gasteiger partial charge in [-0.3, -0.25) is 4.79 Å². The summed E-state index contributed by atoms with van der Waals surface area (Å²) in [6.07, 6.45) is 0.770. The van der Waals surface area contributed by atoms with Gasteiger partial charge in [0, 0.05) is 17.7 Å². The van der Waals surface area contributed by atoms with Crippen LogP contribution in [0, 0.1) is 11.6 Å². The summed E-state index contributed by atoms with van der Waals surface area (Å²) in [7, 11) is 0. The molecular formula is C24H17F2NO4. The van der Waals surface area contributed by atoms with E-state index in [1.807, 2.05) is 6.92 Å². The Labute approximate surface area is 176 Å². The summed E-state index contributed by atoms with van der Waals surface area (Å²) in [4.78, 5) is 25.3. The van der Waals surface area contributed by atoms with Crippen LogP contribution in [0.5, 0.6) is 11.5 Å². The molecule has 1 N–H and O–H groups in total. The van der Waals surface area contributed by atoms with Crippen LogP contribution in [0.1, 0.15) is 50.8 Å². The van der Waals surface area contributed by atoms with E-state index in [1.54, 1.807) is 12.1 Å². The zero-order valence-electron chi connectivity index (χ0n) is 16.5. The summed E-state index contributed by atoms with van der Waals surface area (Å²) in [6, 6.07) is 12.4. The summed E-state index contributed by atoms with van der Waals surface area (Å²) in [5.74, 6) is -1.52. The molecule has 156 valence electrons. The number of hydrogen-bond donors (Lipinski definition) is 1. The van der Waals surface area contributed by atoms with Crippen LogP contribution in [-0.4, -0.2) is 18.4 Å². The number of rotatable bonds is 3. The predicted octanol–water partition coefficient (Wildman–Crippen LogP) is 4.67. The van der Waals surface area contributed by atoms with E-state index >= 15 is 0 Å². The summed E-state index contributed by atoms with van der Waals surface area (Å²) in [6.45, 7) is 2.43. The lowest BCUT2D eigenvalue weighted by atomic mass is 9.77. The summed E-state index contributed by atoms with van der Waals surface area (Å²) >= 11 is 0. The number of carbonyl (C=O) groups is 2. The molecule has 2 aliphatic heterocycles. The molecule has 1 spiro atoms. The van der Waals surface area contributed by atoms with Crippen molar-refractivity contribution < 1.29 is 27.8 Å². The van der Waals surface area contributed by atoms with Crippen molar-refractivity contribution in [3.63, 3.8) is 0 Å². The van der Waals surface area contributed by atoms with Gasteiger partial charge in [0.05, 0.1) is 16.7 Å². The first kappa shape index (κ1) is 19.2. The molecular weight excluding hydrogens is 404 g/mol. The second-order valence-corrected chi connectivity index (χ2v) is 7.47. The van der Waals surface area contributed by atoms with E-state index in [1.165, 1.54) is 42.5 Å². The molecule has 0 bridgehead atoms. The molecule has 0 radical (unpaired) electrons. The predicted molar refractivity (Wildman–Crippen MR) is 107 cm³/mol. The number of carbonyl (C=O) groups excluding carboxylic acids is 2. The minimum atomic E-state index is -1.59. The second kappa shape index (κ2) is 6.91. The fourth-order valence-corrected chi connectivity index (χ4v) is 4.15. The van der Waals surface area contributed by atoms with Crippen LogP contribution in [-0.2, 0) is 10.3 Å². The van der Waals surface area contributed by atoms with Gasteiger partial charge in [-0.25, -0.2) is 13.6 Å². The van der Waals surface area contributed by atoms with Crippen LogP contribution < -0.4 is 10.1 Å². The SMILES string of the molecule is CCCNC(=O)c1ccc2c(c1)C(=O)OC21c2cc(F)ccc2Oc2ccc(F)cc21. The molecule has 5 rings (SSSR count). The minimum Gasteiger partial charge on any atom is -0.456 e. The van der Waals surface area contributed by atoms with E-state index in [-0.39, 0.29) is 22.6 Å². The molecule has 0 atom stereocenters. The van der Waals surface area contributed by atoms with Crippen LogP contribution in [0.2, 0.25) is 0 Å². The maximum Gasteiger partial charge on any atom is 0.340 e. The van der Waals surface area contributed by atoms with Crippen molar-refractivity contribution in [1.29, 1.82) is 0 Å². The Hall–Kier alpha value is -3.74. The number of halogens is 2. The number of fused-ring (bicyclic) bond motifs is 6. The quantitative estimate of drug-likeness (QED) is 0.624. The number of amides is 1. The van der Waals surface area contributed by atoms with Crippen molar-refractivity contribution >= 4 is 11.9 Å². The van der Waals surface area contributed by atoms with Crippen molar-refractivity contribution in [2.45, 2.75) is 18.9 Å². The fourth-order valence-electron chi connectivity index (χ4n) is 4.15. The Kier molecular flexibility index (Phi) is 4.28. The van der Waals surface area contributed by atoms with E-state index in [0.29, 0.717) is 29.2 Å². The van der Waals surface area contributed by atoms with Crippen molar-refractivity contribution in [3.8, 4) is 11.5 Å². The van der Waals surface area contributed by atoms with Gasteiger partial charge in [-0.1, -0.05) is 13.0 Å². The average Bonchev–Trinajstić information content (AvgIpc) is 3.06. The molecule has 0 unspecified atom stereocenters. The summed E-state index contributed by atoms with van der Waals surface area (Å²) < 4.78 is 40.1. The minimum absolute atomic E-state index is 0.163. The van der Waals surface area contributed by atoms with Gasteiger partial charge in [0.1, 0.15) is 23.1 Å².